The van der Waals surface area contributed by atoms with Crippen LogP contribution < -0.4 is 0 Å². The third-order valence-electron chi connectivity index (χ3n) is 1.86. The third-order valence-corrected chi connectivity index (χ3v) is 1.86. The lowest BCUT2D eigenvalue weighted by Crippen LogP contribution is -1.92. The van der Waals surface area contributed by atoms with Gasteiger partial charge in [-0.05, 0) is 19.9 Å². The molecule has 2 nitrogen and oxygen atoms in total. The fourth-order valence-electron chi connectivity index (χ4n) is 0.751. The van der Waals surface area contributed by atoms with Crippen LogP contribution in [0, 0.1) is 0 Å². The molecule has 0 aromatic heterocycles. The third kappa shape index (κ3) is 8.88. The average Bonchev–Trinajstić information content (AvgIpc) is 2.33. The van der Waals surface area contributed by atoms with Gasteiger partial charge in [-0.25, -0.2) is 4.79 Å². The van der Waals surface area contributed by atoms with Crippen molar-refractivity contribution in [3.05, 3.63) is 73.1 Å². The van der Waals surface area contributed by atoms with Gasteiger partial charge in [0.05, 0.1) is 6.26 Å². The van der Waals surface area contributed by atoms with Crippen molar-refractivity contribution >= 4 is 5.97 Å². The molecule has 0 aromatic rings. The van der Waals surface area contributed by atoms with Gasteiger partial charge >= 0.3 is 5.97 Å². The van der Waals surface area contributed by atoms with Gasteiger partial charge in [0.2, 0.25) is 0 Å². The Hall–Kier alpha value is -2.09. The fraction of sp³-hybridized carbons (Fsp3) is 0.133. The zero-order chi connectivity index (χ0) is 13.1. The predicted molar refractivity (Wildman–Crippen MR) is 72.3 cm³/mol. The van der Waals surface area contributed by atoms with Crippen LogP contribution >= 0.6 is 0 Å². The summed E-state index contributed by atoms with van der Waals surface area (Å²) < 4.78 is 4.81. The first-order valence-corrected chi connectivity index (χ1v) is 5.24. The van der Waals surface area contributed by atoms with Gasteiger partial charge in [0.25, 0.3) is 0 Å². The molecule has 0 saturated heterocycles. The molecule has 0 heterocycles. The van der Waals surface area contributed by atoms with E-state index in [4.69, 9.17) is 4.74 Å². The average molecular weight is 230 g/mol. The van der Waals surface area contributed by atoms with Crippen molar-refractivity contribution in [2.45, 2.75) is 13.8 Å². The van der Waals surface area contributed by atoms with Crippen molar-refractivity contribution in [1.82, 2.24) is 0 Å². The molecule has 0 atom stereocenters. The van der Waals surface area contributed by atoms with Crippen molar-refractivity contribution in [2.75, 3.05) is 0 Å². The van der Waals surface area contributed by atoms with Crippen LogP contribution in [0.5, 0.6) is 0 Å². The van der Waals surface area contributed by atoms with Crippen molar-refractivity contribution in [2.24, 2.45) is 0 Å². The van der Waals surface area contributed by atoms with E-state index in [1.165, 1.54) is 12.3 Å². The van der Waals surface area contributed by atoms with Gasteiger partial charge in [0.15, 0.2) is 0 Å². The number of hydrogen-bond donors (Lipinski definition) is 0. The zero-order valence-corrected chi connectivity index (χ0v) is 10.3. The van der Waals surface area contributed by atoms with Gasteiger partial charge in [-0.15, -0.1) is 0 Å². The Bertz CT molecular complexity index is 393. The summed E-state index contributed by atoms with van der Waals surface area (Å²) in [7, 11) is 0. The number of carbonyl (C=O) groups excluding carboxylic acids is 1. The molecule has 0 rings (SSSR count). The molecule has 0 radical (unpaired) electrons. The monoisotopic (exact) mass is 230 g/mol. The lowest BCUT2D eigenvalue weighted by atomic mass is 10.3. The van der Waals surface area contributed by atoms with Crippen LogP contribution in [0.15, 0.2) is 73.1 Å². The van der Waals surface area contributed by atoms with Crippen LogP contribution in [0.25, 0.3) is 0 Å². The van der Waals surface area contributed by atoms with Crippen LogP contribution in [-0.2, 0) is 9.53 Å². The topological polar surface area (TPSA) is 26.3 Å². The number of rotatable bonds is 6. The first-order valence-electron chi connectivity index (χ1n) is 5.24. The Morgan fingerprint density at radius 3 is 2.06 bits per heavy atom. The highest BCUT2D eigenvalue weighted by Crippen LogP contribution is 1.95. The molecule has 90 valence electrons. The summed E-state index contributed by atoms with van der Waals surface area (Å²) in [5, 5.41) is 0. The minimum Gasteiger partial charge on any atom is -0.431 e. The summed E-state index contributed by atoms with van der Waals surface area (Å²) in [6.07, 6.45) is 13.0. The second kappa shape index (κ2) is 9.16. The van der Waals surface area contributed by atoms with Crippen molar-refractivity contribution < 1.29 is 9.53 Å². The Kier molecular flexibility index (Phi) is 8.03. The summed E-state index contributed by atoms with van der Waals surface area (Å²) in [6.45, 7) is 11.0. The first-order chi connectivity index (χ1) is 8.10. The van der Waals surface area contributed by atoms with Crippen LogP contribution in [0.1, 0.15) is 13.8 Å². The highest BCUT2D eigenvalue weighted by molar-refractivity contribution is 5.82. The lowest BCUT2D eigenvalue weighted by Gasteiger charge is -1.91. The molecular weight excluding hydrogens is 212 g/mol. The summed E-state index contributed by atoms with van der Waals surface area (Å²) in [5.74, 6) is -0.418. The summed E-state index contributed by atoms with van der Waals surface area (Å²) in [4.78, 5) is 11.2. The Labute approximate surface area is 103 Å². The molecule has 0 aliphatic rings. The van der Waals surface area contributed by atoms with Crippen molar-refractivity contribution in [3.8, 4) is 0 Å². The summed E-state index contributed by atoms with van der Waals surface area (Å²) in [6, 6.07) is 0. The SMILES string of the molecule is C=C/C(C)=C\C=C\OC(=O)/C=C/C=C(/C)C=C. The van der Waals surface area contributed by atoms with E-state index in [0.29, 0.717) is 0 Å². The van der Waals surface area contributed by atoms with Gasteiger partial charge in [-0.2, -0.15) is 0 Å². The van der Waals surface area contributed by atoms with Gasteiger partial charge in [0.1, 0.15) is 0 Å². The van der Waals surface area contributed by atoms with Gasteiger partial charge in [-0.1, -0.05) is 54.7 Å². The number of esters is 1. The van der Waals surface area contributed by atoms with E-state index in [1.54, 1.807) is 36.5 Å². The quantitative estimate of drug-likeness (QED) is 0.300. The predicted octanol–water partition coefficient (Wildman–Crippen LogP) is 3.86. The number of carbonyl (C=O) groups is 1. The molecule has 0 fully saturated rings. The molecule has 0 amide bonds. The van der Waals surface area contributed by atoms with E-state index in [1.807, 2.05) is 13.8 Å². The van der Waals surface area contributed by atoms with Crippen LogP contribution in [-0.4, -0.2) is 5.97 Å². The van der Waals surface area contributed by atoms with Crippen molar-refractivity contribution in [1.29, 1.82) is 0 Å². The second-order valence-corrected chi connectivity index (χ2v) is 3.35. The largest absolute Gasteiger partial charge is 0.431 e. The van der Waals surface area contributed by atoms with Gasteiger partial charge in [-0.3, -0.25) is 0 Å². The highest BCUT2D eigenvalue weighted by atomic mass is 16.5. The fourth-order valence-corrected chi connectivity index (χ4v) is 0.751. The van der Waals surface area contributed by atoms with E-state index >= 15 is 0 Å². The zero-order valence-electron chi connectivity index (χ0n) is 10.3. The maximum Gasteiger partial charge on any atom is 0.335 e. The summed E-state index contributed by atoms with van der Waals surface area (Å²) >= 11 is 0. The van der Waals surface area contributed by atoms with Crippen LogP contribution in [0.4, 0.5) is 0 Å². The molecular formula is C15H18O2. The standard InChI is InChI=1S/C15H18O2/c1-5-13(3)9-7-11-15(16)17-12-8-10-14(4)6-2/h5-12H,1-2H2,3-4H3/b11-7+,12-8+,13-9-,14-10-. The van der Waals surface area contributed by atoms with E-state index in [-0.39, 0.29) is 0 Å². The number of allylic oxidation sites excluding steroid dienone is 8. The minimum absolute atomic E-state index is 0.418. The second-order valence-electron chi connectivity index (χ2n) is 3.35. The minimum atomic E-state index is -0.418. The van der Waals surface area contributed by atoms with Gasteiger partial charge in [0, 0.05) is 6.08 Å². The highest BCUT2D eigenvalue weighted by Gasteiger charge is 1.90. The smallest absolute Gasteiger partial charge is 0.335 e. The molecule has 2 heteroatoms. The first kappa shape index (κ1) is 14.9. The molecule has 0 aliphatic carbocycles. The van der Waals surface area contributed by atoms with Crippen molar-refractivity contribution in [3.63, 3.8) is 0 Å². The van der Waals surface area contributed by atoms with E-state index < -0.39 is 5.97 Å². The molecule has 0 aliphatic heterocycles. The normalized spacial score (nSPS) is 13.1. The van der Waals surface area contributed by atoms with Gasteiger partial charge < -0.3 is 4.74 Å². The Morgan fingerprint density at radius 1 is 1.00 bits per heavy atom. The Morgan fingerprint density at radius 2 is 1.53 bits per heavy atom. The van der Waals surface area contributed by atoms with E-state index in [2.05, 4.69) is 13.2 Å². The molecule has 0 N–H and O–H groups in total. The molecule has 0 unspecified atom stereocenters. The summed E-state index contributed by atoms with van der Waals surface area (Å²) in [5.41, 5.74) is 1.98. The van der Waals surface area contributed by atoms with Crippen LogP contribution in [0.3, 0.4) is 0 Å². The molecule has 0 aromatic carbocycles. The molecule has 0 bridgehead atoms. The van der Waals surface area contributed by atoms with Crippen LogP contribution in [0.2, 0.25) is 0 Å². The van der Waals surface area contributed by atoms with E-state index in [0.717, 1.165) is 11.1 Å². The van der Waals surface area contributed by atoms with E-state index in [9.17, 15) is 4.79 Å². The maximum atomic E-state index is 11.2. The maximum absolute atomic E-state index is 11.2. The molecule has 0 saturated carbocycles. The number of hydrogen-bond acceptors (Lipinski definition) is 2. The molecule has 17 heavy (non-hydrogen) atoms. The number of ether oxygens (including phenoxy) is 1. The lowest BCUT2D eigenvalue weighted by molar-refractivity contribution is -0.132. The molecule has 0 spiro atoms. The Balaban J connectivity index is 4.12.